The van der Waals surface area contributed by atoms with Crippen LogP contribution in [0.3, 0.4) is 0 Å². The van der Waals surface area contributed by atoms with Gasteiger partial charge in [0.25, 0.3) is 0 Å². The van der Waals surface area contributed by atoms with Crippen molar-refractivity contribution in [3.8, 4) is 0 Å². The summed E-state index contributed by atoms with van der Waals surface area (Å²) in [4.78, 5) is 11.0. The Kier molecular flexibility index (Phi) is 3.15. The first-order valence-corrected chi connectivity index (χ1v) is 4.87. The minimum absolute atomic E-state index is 0.521. The highest BCUT2D eigenvalue weighted by Crippen LogP contribution is 2.24. The number of aliphatic hydroxyl groups excluding tert-OH is 1. The average molecular weight is 208 g/mol. The highest BCUT2D eigenvalue weighted by atomic mass is 16.4. The highest BCUT2D eigenvalue weighted by Gasteiger charge is 2.29. The first-order valence-electron chi connectivity index (χ1n) is 4.87. The molecule has 15 heavy (non-hydrogen) atoms. The Bertz CT molecular complexity index is 350. The summed E-state index contributed by atoms with van der Waals surface area (Å²) >= 11 is 0. The van der Waals surface area contributed by atoms with Crippen LogP contribution >= 0.6 is 0 Å². The SMILES string of the molecule is C[C@H](O)c1ccc(C(C)(C)C(=O)O)cc1. The molecule has 0 radical (unpaired) electrons. The zero-order chi connectivity index (χ0) is 11.6. The van der Waals surface area contributed by atoms with E-state index in [0.29, 0.717) is 0 Å². The molecule has 1 aromatic rings. The van der Waals surface area contributed by atoms with Crippen molar-refractivity contribution in [1.82, 2.24) is 0 Å². The van der Waals surface area contributed by atoms with Crippen molar-refractivity contribution >= 4 is 5.97 Å². The van der Waals surface area contributed by atoms with Crippen molar-refractivity contribution in [2.45, 2.75) is 32.3 Å². The molecule has 3 heteroatoms. The van der Waals surface area contributed by atoms with Crippen LogP contribution in [0.25, 0.3) is 0 Å². The lowest BCUT2D eigenvalue weighted by Crippen LogP contribution is -2.28. The van der Waals surface area contributed by atoms with Gasteiger partial charge in [-0.05, 0) is 31.9 Å². The van der Waals surface area contributed by atoms with Gasteiger partial charge in [0.15, 0.2) is 0 Å². The molecule has 0 fully saturated rings. The second-order valence-electron chi connectivity index (χ2n) is 4.23. The molecule has 0 heterocycles. The molecule has 82 valence electrons. The summed E-state index contributed by atoms with van der Waals surface area (Å²) in [5.74, 6) is -0.854. The number of aliphatic hydroxyl groups is 1. The second kappa shape index (κ2) is 4.03. The lowest BCUT2D eigenvalue weighted by Gasteiger charge is -2.20. The zero-order valence-corrected chi connectivity index (χ0v) is 9.19. The molecule has 2 N–H and O–H groups in total. The fourth-order valence-electron chi connectivity index (χ4n) is 1.30. The van der Waals surface area contributed by atoms with Gasteiger partial charge in [-0.3, -0.25) is 4.79 Å². The number of aliphatic carboxylic acids is 1. The van der Waals surface area contributed by atoms with Crippen molar-refractivity contribution in [3.63, 3.8) is 0 Å². The summed E-state index contributed by atoms with van der Waals surface area (Å²) < 4.78 is 0. The van der Waals surface area contributed by atoms with Gasteiger partial charge < -0.3 is 10.2 Å². The molecule has 1 aromatic carbocycles. The molecule has 0 aliphatic rings. The standard InChI is InChI=1S/C12H16O3/c1-8(13)9-4-6-10(7-5-9)12(2,3)11(14)15/h4-8,13H,1-3H3,(H,14,15)/t8-/m0/s1. The quantitative estimate of drug-likeness (QED) is 0.799. The fraction of sp³-hybridized carbons (Fsp3) is 0.417. The van der Waals surface area contributed by atoms with E-state index in [4.69, 9.17) is 5.11 Å². The maximum absolute atomic E-state index is 11.0. The molecule has 0 unspecified atom stereocenters. The lowest BCUT2D eigenvalue weighted by molar-refractivity contribution is -0.142. The van der Waals surface area contributed by atoms with Gasteiger partial charge in [-0.15, -0.1) is 0 Å². The number of carboxylic acid groups (broad SMARTS) is 1. The Morgan fingerprint density at radius 1 is 1.27 bits per heavy atom. The van der Waals surface area contributed by atoms with Gasteiger partial charge in [0.2, 0.25) is 0 Å². The van der Waals surface area contributed by atoms with Gasteiger partial charge in [-0.1, -0.05) is 24.3 Å². The van der Waals surface area contributed by atoms with Crippen LogP contribution in [0, 0.1) is 0 Å². The molecular weight excluding hydrogens is 192 g/mol. The van der Waals surface area contributed by atoms with E-state index in [1.807, 2.05) is 0 Å². The van der Waals surface area contributed by atoms with Gasteiger partial charge >= 0.3 is 5.97 Å². The third-order valence-corrected chi connectivity index (χ3v) is 2.65. The summed E-state index contributed by atoms with van der Waals surface area (Å²) in [6, 6.07) is 7.00. The van der Waals surface area contributed by atoms with Crippen LogP contribution in [0.5, 0.6) is 0 Å². The van der Waals surface area contributed by atoms with E-state index in [1.165, 1.54) is 0 Å². The Morgan fingerprint density at radius 3 is 2.07 bits per heavy atom. The van der Waals surface area contributed by atoms with E-state index in [1.54, 1.807) is 45.0 Å². The van der Waals surface area contributed by atoms with Gasteiger partial charge in [0, 0.05) is 0 Å². The van der Waals surface area contributed by atoms with Gasteiger partial charge in [-0.25, -0.2) is 0 Å². The molecule has 3 nitrogen and oxygen atoms in total. The average Bonchev–Trinajstić information content (AvgIpc) is 2.17. The molecule has 1 atom stereocenters. The maximum atomic E-state index is 11.0. The van der Waals surface area contributed by atoms with Crippen LogP contribution in [-0.4, -0.2) is 16.2 Å². The summed E-state index contributed by atoms with van der Waals surface area (Å²) in [6.07, 6.45) is -0.521. The predicted octanol–water partition coefficient (Wildman–Crippen LogP) is 2.10. The molecule has 0 saturated heterocycles. The normalized spacial score (nSPS) is 13.6. The molecule has 0 aliphatic heterocycles. The number of benzene rings is 1. The van der Waals surface area contributed by atoms with Crippen LogP contribution in [0.15, 0.2) is 24.3 Å². The fourth-order valence-corrected chi connectivity index (χ4v) is 1.30. The monoisotopic (exact) mass is 208 g/mol. The Hall–Kier alpha value is -1.35. The Labute approximate surface area is 89.4 Å². The minimum Gasteiger partial charge on any atom is -0.481 e. The van der Waals surface area contributed by atoms with Crippen molar-refractivity contribution in [2.24, 2.45) is 0 Å². The van der Waals surface area contributed by atoms with Crippen molar-refractivity contribution in [1.29, 1.82) is 0 Å². The van der Waals surface area contributed by atoms with E-state index in [-0.39, 0.29) is 0 Å². The molecular formula is C12H16O3. The van der Waals surface area contributed by atoms with Crippen LogP contribution in [0.2, 0.25) is 0 Å². The summed E-state index contributed by atoms with van der Waals surface area (Å²) in [7, 11) is 0. The van der Waals surface area contributed by atoms with E-state index in [2.05, 4.69) is 0 Å². The van der Waals surface area contributed by atoms with E-state index in [0.717, 1.165) is 11.1 Å². The third kappa shape index (κ3) is 2.36. The van der Waals surface area contributed by atoms with Gasteiger partial charge in [-0.2, -0.15) is 0 Å². The highest BCUT2D eigenvalue weighted by molar-refractivity contribution is 5.80. The number of carbonyl (C=O) groups is 1. The van der Waals surface area contributed by atoms with Crippen LogP contribution < -0.4 is 0 Å². The number of hydrogen-bond donors (Lipinski definition) is 2. The first kappa shape index (κ1) is 11.7. The van der Waals surface area contributed by atoms with Crippen molar-refractivity contribution < 1.29 is 15.0 Å². The summed E-state index contributed by atoms with van der Waals surface area (Å²) in [5.41, 5.74) is 0.636. The van der Waals surface area contributed by atoms with Gasteiger partial charge in [0.05, 0.1) is 11.5 Å². The summed E-state index contributed by atoms with van der Waals surface area (Å²) in [5, 5.41) is 18.3. The Balaban J connectivity index is 3.04. The second-order valence-corrected chi connectivity index (χ2v) is 4.23. The van der Waals surface area contributed by atoms with Crippen molar-refractivity contribution in [2.75, 3.05) is 0 Å². The molecule has 0 amide bonds. The molecule has 1 rings (SSSR count). The largest absolute Gasteiger partial charge is 0.481 e. The van der Waals surface area contributed by atoms with Crippen LogP contribution in [0.4, 0.5) is 0 Å². The lowest BCUT2D eigenvalue weighted by atomic mass is 9.84. The third-order valence-electron chi connectivity index (χ3n) is 2.65. The van der Waals surface area contributed by atoms with E-state index in [9.17, 15) is 9.90 Å². The first-order chi connectivity index (χ1) is 6.85. The molecule has 0 saturated carbocycles. The van der Waals surface area contributed by atoms with Crippen molar-refractivity contribution in [3.05, 3.63) is 35.4 Å². The smallest absolute Gasteiger partial charge is 0.313 e. The van der Waals surface area contributed by atoms with Crippen LogP contribution in [0.1, 0.15) is 38.0 Å². The molecule has 0 aromatic heterocycles. The molecule has 0 spiro atoms. The molecule has 0 bridgehead atoms. The van der Waals surface area contributed by atoms with Crippen LogP contribution in [-0.2, 0) is 10.2 Å². The molecule has 0 aliphatic carbocycles. The van der Waals surface area contributed by atoms with E-state index >= 15 is 0 Å². The van der Waals surface area contributed by atoms with E-state index < -0.39 is 17.5 Å². The number of hydrogen-bond acceptors (Lipinski definition) is 2. The number of carboxylic acids is 1. The number of rotatable bonds is 3. The predicted molar refractivity (Wildman–Crippen MR) is 57.7 cm³/mol. The summed E-state index contributed by atoms with van der Waals surface area (Å²) in [6.45, 7) is 5.00. The minimum atomic E-state index is -0.892. The zero-order valence-electron chi connectivity index (χ0n) is 9.19. The Morgan fingerprint density at radius 2 is 1.73 bits per heavy atom. The maximum Gasteiger partial charge on any atom is 0.313 e. The topological polar surface area (TPSA) is 57.5 Å². The van der Waals surface area contributed by atoms with Gasteiger partial charge in [0.1, 0.15) is 0 Å².